The van der Waals surface area contributed by atoms with Crippen LogP contribution >= 0.6 is 0 Å². The fraction of sp³-hybridized carbons (Fsp3) is 0.833. The molecule has 1 atom stereocenters. The predicted octanol–water partition coefficient (Wildman–Crippen LogP) is 3.01. The van der Waals surface area contributed by atoms with Gasteiger partial charge in [-0.3, -0.25) is 4.79 Å². The normalized spacial score (nSPS) is 15.9. The molecule has 32 heavy (non-hydrogen) atoms. The molecule has 0 aromatic rings. The molecule has 0 aliphatic heterocycles. The summed E-state index contributed by atoms with van der Waals surface area (Å²) in [4.78, 5) is 22.1. The molecule has 0 heterocycles. The second-order valence-electron chi connectivity index (χ2n) is 5.68. The van der Waals surface area contributed by atoms with Crippen molar-refractivity contribution < 1.29 is 85.3 Å². The number of hydrogen-bond donors (Lipinski definition) is 2. The van der Waals surface area contributed by atoms with Crippen molar-refractivity contribution >= 4 is 11.9 Å². The van der Waals surface area contributed by atoms with E-state index in [4.69, 9.17) is 5.11 Å². The molecule has 0 aliphatic rings. The fourth-order valence-electron chi connectivity index (χ4n) is 1.68. The Morgan fingerprint density at radius 3 is 1.38 bits per heavy atom. The third kappa shape index (κ3) is 4.12. The third-order valence-electron chi connectivity index (χ3n) is 3.59. The first kappa shape index (κ1) is 29.9. The van der Waals surface area contributed by atoms with Crippen LogP contribution in [0.4, 0.5) is 65.9 Å². The first-order valence-corrected chi connectivity index (χ1v) is 7.16. The quantitative estimate of drug-likeness (QED) is 0.366. The molecule has 0 bridgehead atoms. The van der Waals surface area contributed by atoms with Crippen LogP contribution in [0.25, 0.3) is 0 Å². The van der Waals surface area contributed by atoms with Gasteiger partial charge in [-0.25, -0.2) is 4.79 Å². The zero-order valence-electron chi connectivity index (χ0n) is 14.6. The van der Waals surface area contributed by atoms with Crippen molar-refractivity contribution in [1.29, 1.82) is 0 Å². The second kappa shape index (κ2) is 8.32. The molecule has 0 aliphatic carbocycles. The maximum Gasteiger partial charge on any atom is 0.460 e. The number of methoxy groups -OCH3 is 1. The third-order valence-corrected chi connectivity index (χ3v) is 3.59. The number of amides is 1. The number of aliphatic hydroxyl groups is 1. The highest BCUT2D eigenvalue weighted by Gasteiger charge is 2.94. The van der Waals surface area contributed by atoms with E-state index in [1.807, 2.05) is 0 Å². The number of esters is 1. The number of alkyl halides is 15. The summed E-state index contributed by atoms with van der Waals surface area (Å²) in [6.07, 6.45) is -7.75. The molecule has 5 nitrogen and oxygen atoms in total. The molecule has 190 valence electrons. The van der Waals surface area contributed by atoms with Gasteiger partial charge in [0.05, 0.1) is 13.7 Å². The number of carbonyl (C=O) groups is 2. The van der Waals surface area contributed by atoms with Crippen molar-refractivity contribution in [3.05, 3.63) is 0 Å². The number of rotatable bonds is 9. The van der Waals surface area contributed by atoms with Gasteiger partial charge in [-0.15, -0.1) is 0 Å². The summed E-state index contributed by atoms with van der Waals surface area (Å²) in [6.45, 7) is -1.76. The molecule has 0 rings (SSSR count). The lowest BCUT2D eigenvalue weighted by molar-refractivity contribution is -0.449. The Balaban J connectivity index is 6.47. The lowest BCUT2D eigenvalue weighted by atomic mass is 9.90. The summed E-state index contributed by atoms with van der Waals surface area (Å²) >= 11 is 0. The maximum absolute atomic E-state index is 13.5. The maximum atomic E-state index is 13.5. The molecule has 0 saturated carbocycles. The molecule has 1 unspecified atom stereocenters. The molecular formula is C12H8F15NO4. The van der Waals surface area contributed by atoms with Crippen molar-refractivity contribution in [2.75, 3.05) is 13.7 Å². The van der Waals surface area contributed by atoms with Crippen LogP contribution in [-0.4, -0.2) is 78.5 Å². The fourth-order valence-corrected chi connectivity index (χ4v) is 1.68. The van der Waals surface area contributed by atoms with E-state index in [2.05, 4.69) is 4.74 Å². The molecule has 0 radical (unpaired) electrons. The average Bonchev–Trinajstić information content (AvgIpc) is 2.63. The van der Waals surface area contributed by atoms with Crippen LogP contribution < -0.4 is 5.32 Å². The van der Waals surface area contributed by atoms with Gasteiger partial charge in [0.25, 0.3) is 5.91 Å². The number of nitrogens with one attached hydrogen (secondary N) is 1. The molecule has 0 aromatic heterocycles. The Labute approximate surface area is 165 Å². The second-order valence-corrected chi connectivity index (χ2v) is 5.68. The average molecular weight is 515 g/mol. The molecule has 2 N–H and O–H groups in total. The molecule has 1 amide bonds. The van der Waals surface area contributed by atoms with Gasteiger partial charge in [-0.2, -0.15) is 65.9 Å². The number of aliphatic hydroxyl groups excluding tert-OH is 1. The standard InChI is InChI=1S/C12H8F15NO4/c1-32-4(30)3(2-29)28-5(31)6(13,14)7(15,16)8(17,18)9(19,20)10(21,22)11(23,24)12(25,26)27/h3,29H,2H2,1H3,(H,28,31). The van der Waals surface area contributed by atoms with Crippen LogP contribution in [0.15, 0.2) is 0 Å². The van der Waals surface area contributed by atoms with E-state index in [1.54, 1.807) is 0 Å². The largest absolute Gasteiger partial charge is 0.467 e. The van der Waals surface area contributed by atoms with Crippen LogP contribution in [0.2, 0.25) is 0 Å². The van der Waals surface area contributed by atoms with Crippen molar-refractivity contribution in [2.45, 2.75) is 47.8 Å². The smallest absolute Gasteiger partial charge is 0.460 e. The van der Waals surface area contributed by atoms with Crippen LogP contribution in [0.1, 0.15) is 0 Å². The highest BCUT2D eigenvalue weighted by atomic mass is 19.4. The van der Waals surface area contributed by atoms with E-state index in [-0.39, 0.29) is 0 Å². The first-order chi connectivity index (χ1) is 13.8. The van der Waals surface area contributed by atoms with E-state index < -0.39 is 66.2 Å². The minimum Gasteiger partial charge on any atom is -0.467 e. The lowest BCUT2D eigenvalue weighted by Crippen LogP contribution is -2.74. The van der Waals surface area contributed by atoms with Gasteiger partial charge in [0.1, 0.15) is 0 Å². The summed E-state index contributed by atoms with van der Waals surface area (Å²) in [6, 6.07) is -2.74. The Morgan fingerprint density at radius 2 is 1.06 bits per heavy atom. The van der Waals surface area contributed by atoms with Gasteiger partial charge < -0.3 is 15.2 Å². The molecule has 0 aromatic carbocycles. The van der Waals surface area contributed by atoms with Crippen LogP contribution in [0.3, 0.4) is 0 Å². The molecule has 0 fully saturated rings. The van der Waals surface area contributed by atoms with Gasteiger partial charge in [0, 0.05) is 0 Å². The topological polar surface area (TPSA) is 75.6 Å². The highest BCUT2D eigenvalue weighted by molar-refractivity contribution is 5.89. The van der Waals surface area contributed by atoms with Gasteiger partial charge in [-0.05, 0) is 0 Å². The summed E-state index contributed by atoms with van der Waals surface area (Å²) in [5, 5.41) is 8.99. The SMILES string of the molecule is COC(=O)C(CO)NC(=O)C(F)(F)C(F)(F)C(F)(F)C(F)(F)C(F)(F)C(F)(F)C(F)(F)F. The summed E-state index contributed by atoms with van der Waals surface area (Å²) < 4.78 is 198. The van der Waals surface area contributed by atoms with Gasteiger partial charge >= 0.3 is 47.7 Å². The van der Waals surface area contributed by atoms with Crippen molar-refractivity contribution in [2.24, 2.45) is 0 Å². The Kier molecular flexibility index (Phi) is 7.76. The monoisotopic (exact) mass is 515 g/mol. The number of ether oxygens (including phenoxy) is 1. The zero-order valence-corrected chi connectivity index (χ0v) is 14.6. The Morgan fingerprint density at radius 1 is 0.719 bits per heavy atom. The van der Waals surface area contributed by atoms with Crippen LogP contribution in [0, 0.1) is 0 Å². The number of hydrogen-bond acceptors (Lipinski definition) is 4. The van der Waals surface area contributed by atoms with Crippen molar-refractivity contribution in [3.8, 4) is 0 Å². The van der Waals surface area contributed by atoms with Crippen molar-refractivity contribution in [3.63, 3.8) is 0 Å². The van der Waals surface area contributed by atoms with E-state index >= 15 is 0 Å². The predicted molar refractivity (Wildman–Crippen MR) is 66.8 cm³/mol. The van der Waals surface area contributed by atoms with Crippen molar-refractivity contribution in [1.82, 2.24) is 5.32 Å². The summed E-state index contributed by atoms with van der Waals surface area (Å²) in [5.74, 6) is -54.7. The minimum atomic E-state index is -8.55. The minimum absolute atomic E-state index is 0.393. The van der Waals surface area contributed by atoms with Gasteiger partial charge in [0.15, 0.2) is 6.04 Å². The highest BCUT2D eigenvalue weighted by Crippen LogP contribution is 2.62. The Bertz CT molecular complexity index is 718. The molecule has 0 saturated heterocycles. The van der Waals surface area contributed by atoms with E-state index in [0.29, 0.717) is 12.4 Å². The Hall–Kier alpha value is -2.15. The number of carbonyl (C=O) groups excluding carboxylic acids is 2. The first-order valence-electron chi connectivity index (χ1n) is 7.16. The molecular weight excluding hydrogens is 507 g/mol. The van der Waals surface area contributed by atoms with E-state index in [0.717, 1.165) is 0 Å². The van der Waals surface area contributed by atoms with Gasteiger partial charge in [0.2, 0.25) is 0 Å². The molecule has 0 spiro atoms. The van der Waals surface area contributed by atoms with Gasteiger partial charge in [-0.1, -0.05) is 0 Å². The van der Waals surface area contributed by atoms with E-state index in [9.17, 15) is 75.4 Å². The van der Waals surface area contributed by atoms with E-state index in [1.165, 1.54) is 0 Å². The number of halogens is 15. The van der Waals surface area contributed by atoms with Crippen LogP contribution in [0.5, 0.6) is 0 Å². The summed E-state index contributed by atoms with van der Waals surface area (Å²) in [7, 11) is 0.446. The zero-order chi connectivity index (χ0) is 26.4. The molecule has 20 heteroatoms. The van der Waals surface area contributed by atoms with Crippen LogP contribution in [-0.2, 0) is 14.3 Å². The lowest BCUT2D eigenvalue weighted by Gasteiger charge is -2.41. The summed E-state index contributed by atoms with van der Waals surface area (Å²) in [5.41, 5.74) is 0.